The zero-order chi connectivity index (χ0) is 10.6. The first-order valence-electron chi connectivity index (χ1n) is 4.75. The second-order valence-corrected chi connectivity index (χ2v) is 3.74. The Morgan fingerprint density at radius 1 is 1.57 bits per heavy atom. The van der Waals surface area contributed by atoms with Crippen molar-refractivity contribution in [1.29, 1.82) is 5.26 Å². The molecule has 1 heterocycles. The Balaban J connectivity index is 2.42. The van der Waals surface area contributed by atoms with Gasteiger partial charge in [-0.05, 0) is 33.0 Å². The van der Waals surface area contributed by atoms with E-state index in [0.29, 0.717) is 0 Å². The third-order valence-corrected chi connectivity index (χ3v) is 2.03. The van der Waals surface area contributed by atoms with Crippen molar-refractivity contribution in [2.45, 2.75) is 20.4 Å². The third-order valence-electron chi connectivity index (χ3n) is 2.03. The largest absolute Gasteiger partial charge is 0.465 e. The van der Waals surface area contributed by atoms with Crippen molar-refractivity contribution < 1.29 is 4.42 Å². The number of nitriles is 1. The van der Waals surface area contributed by atoms with Gasteiger partial charge < -0.3 is 4.42 Å². The van der Waals surface area contributed by atoms with Crippen LogP contribution in [0.25, 0.3) is 0 Å². The summed E-state index contributed by atoms with van der Waals surface area (Å²) in [5.74, 6) is 1.95. The van der Waals surface area contributed by atoms with Crippen LogP contribution >= 0.6 is 0 Å². The van der Waals surface area contributed by atoms with E-state index in [9.17, 15) is 0 Å². The maximum absolute atomic E-state index is 8.65. The lowest BCUT2D eigenvalue weighted by Gasteiger charge is -2.15. The van der Waals surface area contributed by atoms with Crippen molar-refractivity contribution in [3.63, 3.8) is 0 Å². The summed E-state index contributed by atoms with van der Waals surface area (Å²) in [5, 5.41) is 8.65. The molecule has 0 amide bonds. The minimum absolute atomic E-state index is 0.0658. The fraction of sp³-hybridized carbons (Fsp3) is 0.545. The summed E-state index contributed by atoms with van der Waals surface area (Å²) in [6.45, 7) is 5.39. The Bertz CT molecular complexity index is 324. The second-order valence-electron chi connectivity index (χ2n) is 3.74. The van der Waals surface area contributed by atoms with Crippen LogP contribution in [0, 0.1) is 24.2 Å². The number of hydrogen-bond acceptors (Lipinski definition) is 3. The van der Waals surface area contributed by atoms with E-state index in [0.717, 1.165) is 24.6 Å². The van der Waals surface area contributed by atoms with Gasteiger partial charge in [0.1, 0.15) is 11.5 Å². The van der Waals surface area contributed by atoms with E-state index in [-0.39, 0.29) is 5.92 Å². The van der Waals surface area contributed by atoms with Crippen LogP contribution in [0.1, 0.15) is 18.4 Å². The minimum Gasteiger partial charge on any atom is -0.465 e. The van der Waals surface area contributed by atoms with Gasteiger partial charge in [-0.25, -0.2) is 0 Å². The fourth-order valence-corrected chi connectivity index (χ4v) is 1.41. The van der Waals surface area contributed by atoms with Crippen LogP contribution in [0.2, 0.25) is 0 Å². The summed E-state index contributed by atoms with van der Waals surface area (Å²) >= 11 is 0. The molecular formula is C11H16N2O. The average molecular weight is 192 g/mol. The molecule has 0 aromatic carbocycles. The van der Waals surface area contributed by atoms with Crippen molar-refractivity contribution in [2.75, 3.05) is 13.6 Å². The van der Waals surface area contributed by atoms with Crippen molar-refractivity contribution in [3.05, 3.63) is 23.7 Å². The molecular weight excluding hydrogens is 176 g/mol. The number of nitrogens with zero attached hydrogens (tertiary/aromatic N) is 2. The van der Waals surface area contributed by atoms with Crippen LogP contribution in [0.4, 0.5) is 0 Å². The van der Waals surface area contributed by atoms with Crippen molar-refractivity contribution in [3.8, 4) is 6.07 Å². The molecule has 0 saturated carbocycles. The SMILES string of the molecule is Cc1ccc(CN(C)CC(C)C#N)o1. The van der Waals surface area contributed by atoms with Crippen LogP contribution in [0.5, 0.6) is 0 Å². The molecule has 1 rings (SSSR count). The van der Waals surface area contributed by atoms with Crippen LogP contribution in [-0.2, 0) is 6.54 Å². The first-order valence-corrected chi connectivity index (χ1v) is 4.75. The van der Waals surface area contributed by atoms with Gasteiger partial charge in [-0.2, -0.15) is 5.26 Å². The standard InChI is InChI=1S/C11H16N2O/c1-9(6-12)7-13(3)8-11-5-4-10(2)14-11/h4-5,9H,7-8H2,1-3H3. The molecule has 1 unspecified atom stereocenters. The van der Waals surface area contributed by atoms with E-state index >= 15 is 0 Å². The summed E-state index contributed by atoms with van der Waals surface area (Å²) in [6, 6.07) is 6.14. The molecule has 3 nitrogen and oxygen atoms in total. The molecule has 0 radical (unpaired) electrons. The Hall–Kier alpha value is -1.27. The van der Waals surface area contributed by atoms with E-state index in [4.69, 9.17) is 9.68 Å². The van der Waals surface area contributed by atoms with Gasteiger partial charge >= 0.3 is 0 Å². The smallest absolute Gasteiger partial charge is 0.118 e. The Morgan fingerprint density at radius 3 is 2.79 bits per heavy atom. The van der Waals surface area contributed by atoms with Gasteiger partial charge in [0, 0.05) is 6.54 Å². The van der Waals surface area contributed by atoms with Crippen LogP contribution in [-0.4, -0.2) is 18.5 Å². The number of aryl methyl sites for hydroxylation is 1. The maximum atomic E-state index is 8.65. The molecule has 1 atom stereocenters. The lowest BCUT2D eigenvalue weighted by atomic mass is 10.2. The molecule has 1 aromatic rings. The summed E-state index contributed by atoms with van der Waals surface area (Å²) < 4.78 is 5.44. The Morgan fingerprint density at radius 2 is 2.29 bits per heavy atom. The van der Waals surface area contributed by atoms with Crippen LogP contribution in [0.15, 0.2) is 16.5 Å². The van der Waals surface area contributed by atoms with E-state index in [1.165, 1.54) is 0 Å². The van der Waals surface area contributed by atoms with Gasteiger partial charge in [0.2, 0.25) is 0 Å². The summed E-state index contributed by atoms with van der Waals surface area (Å²) in [6.07, 6.45) is 0. The van der Waals surface area contributed by atoms with Gasteiger partial charge in [-0.15, -0.1) is 0 Å². The van der Waals surface area contributed by atoms with Crippen LogP contribution in [0.3, 0.4) is 0 Å². The lowest BCUT2D eigenvalue weighted by Crippen LogP contribution is -2.23. The number of furan rings is 1. The zero-order valence-corrected chi connectivity index (χ0v) is 8.95. The van der Waals surface area contributed by atoms with Gasteiger partial charge in [-0.1, -0.05) is 0 Å². The highest BCUT2D eigenvalue weighted by molar-refractivity contribution is 5.05. The number of hydrogen-bond donors (Lipinski definition) is 0. The summed E-state index contributed by atoms with van der Waals surface area (Å²) in [5.41, 5.74) is 0. The zero-order valence-electron chi connectivity index (χ0n) is 8.95. The minimum atomic E-state index is 0.0658. The van der Waals surface area contributed by atoms with E-state index in [1.54, 1.807) is 0 Å². The van der Waals surface area contributed by atoms with Gasteiger partial charge in [-0.3, -0.25) is 4.90 Å². The van der Waals surface area contributed by atoms with E-state index in [2.05, 4.69) is 11.0 Å². The highest BCUT2D eigenvalue weighted by Gasteiger charge is 2.07. The molecule has 0 bridgehead atoms. The van der Waals surface area contributed by atoms with E-state index < -0.39 is 0 Å². The van der Waals surface area contributed by atoms with Crippen molar-refractivity contribution in [1.82, 2.24) is 4.90 Å². The van der Waals surface area contributed by atoms with Crippen molar-refractivity contribution >= 4 is 0 Å². The second kappa shape index (κ2) is 4.83. The maximum Gasteiger partial charge on any atom is 0.118 e. The Labute approximate surface area is 84.9 Å². The molecule has 1 aromatic heterocycles. The molecule has 76 valence electrons. The molecule has 0 spiro atoms. The van der Waals surface area contributed by atoms with Gasteiger partial charge in [0.05, 0.1) is 18.5 Å². The van der Waals surface area contributed by atoms with Gasteiger partial charge in [0.25, 0.3) is 0 Å². The monoisotopic (exact) mass is 192 g/mol. The molecule has 0 saturated heterocycles. The molecule has 0 fully saturated rings. The van der Waals surface area contributed by atoms with E-state index in [1.807, 2.05) is 33.0 Å². The topological polar surface area (TPSA) is 40.2 Å². The summed E-state index contributed by atoms with van der Waals surface area (Å²) in [4.78, 5) is 2.09. The molecule has 0 N–H and O–H groups in total. The Kier molecular flexibility index (Phi) is 3.73. The quantitative estimate of drug-likeness (QED) is 0.734. The number of rotatable bonds is 4. The third kappa shape index (κ3) is 3.23. The average Bonchev–Trinajstić information content (AvgIpc) is 2.50. The summed E-state index contributed by atoms with van der Waals surface area (Å²) in [7, 11) is 1.99. The highest BCUT2D eigenvalue weighted by Crippen LogP contribution is 2.09. The predicted octanol–water partition coefficient (Wildman–Crippen LogP) is 2.18. The molecule has 0 aliphatic heterocycles. The first-order chi connectivity index (χ1) is 6.61. The normalized spacial score (nSPS) is 12.8. The molecule has 3 heteroatoms. The predicted molar refractivity (Wildman–Crippen MR) is 54.6 cm³/mol. The van der Waals surface area contributed by atoms with Gasteiger partial charge in [0.15, 0.2) is 0 Å². The lowest BCUT2D eigenvalue weighted by molar-refractivity contribution is 0.274. The first kappa shape index (κ1) is 10.8. The fourth-order valence-electron chi connectivity index (χ4n) is 1.41. The highest BCUT2D eigenvalue weighted by atomic mass is 16.3. The van der Waals surface area contributed by atoms with Crippen LogP contribution < -0.4 is 0 Å². The molecule has 0 aliphatic rings. The molecule has 14 heavy (non-hydrogen) atoms. The molecule has 0 aliphatic carbocycles. The van der Waals surface area contributed by atoms with Crippen molar-refractivity contribution in [2.24, 2.45) is 5.92 Å².